The first-order valence-corrected chi connectivity index (χ1v) is 19.6. The minimum absolute atomic E-state index is 0.139. The zero-order valence-corrected chi connectivity index (χ0v) is 34.3. The van der Waals surface area contributed by atoms with E-state index in [1.807, 2.05) is 0 Å². The molecule has 2 aromatic carbocycles. The van der Waals surface area contributed by atoms with E-state index in [0.717, 1.165) is 18.2 Å². The normalized spacial score (nSPS) is 12.6. The third-order valence-corrected chi connectivity index (χ3v) is 9.23. The van der Waals surface area contributed by atoms with Crippen LogP contribution in [0.1, 0.15) is 94.4 Å². The van der Waals surface area contributed by atoms with Crippen LogP contribution in [-0.2, 0) is 33.6 Å². The number of aryl methyl sites for hydroxylation is 1. The molecule has 5 amide bonds. The van der Waals surface area contributed by atoms with E-state index >= 15 is 0 Å². The fourth-order valence-electron chi connectivity index (χ4n) is 5.96. The largest absolute Gasteiger partial charge is 0.492 e. The first kappa shape index (κ1) is 50.4. The number of aliphatic carboxylic acids is 4. The predicted octanol–water partition coefficient (Wildman–Crippen LogP) is 0.309. The second kappa shape index (κ2) is 24.5. The lowest BCUT2D eigenvalue weighted by atomic mass is 10.0. The minimum atomic E-state index is -1.80. The van der Waals surface area contributed by atoms with E-state index in [4.69, 9.17) is 4.84 Å². The Morgan fingerprint density at radius 3 is 1.50 bits per heavy atom. The number of nitrogens with zero attached hydrogens (tertiary/aromatic N) is 1. The number of hydrogen-bond acceptors (Lipinski definition) is 13. The van der Waals surface area contributed by atoms with Gasteiger partial charge in [-0.15, -0.1) is 4.73 Å². The Kier molecular flexibility index (Phi) is 19.3. The maximum Gasteiger partial charge on any atom is 0.363 e. The molecule has 0 spiro atoms. The van der Waals surface area contributed by atoms with Gasteiger partial charge in [-0.05, 0) is 81.3 Å². The van der Waals surface area contributed by atoms with Crippen LogP contribution < -0.4 is 31.4 Å². The number of hydrogen-bond donors (Lipinski definition) is 11. The van der Waals surface area contributed by atoms with Gasteiger partial charge >= 0.3 is 29.8 Å². The molecule has 0 aliphatic rings. The molecule has 3 aromatic rings. The van der Waals surface area contributed by atoms with E-state index in [1.54, 1.807) is 30.3 Å². The molecule has 0 aliphatic heterocycles. The molecule has 3 rings (SSSR count). The molecule has 0 saturated carbocycles. The number of amides is 5. The minimum Gasteiger partial charge on any atom is -0.492 e. The van der Waals surface area contributed by atoms with Gasteiger partial charge in [0.05, 0.1) is 5.56 Å². The van der Waals surface area contributed by atoms with Crippen LogP contribution in [0.3, 0.4) is 0 Å². The van der Waals surface area contributed by atoms with Gasteiger partial charge < -0.3 is 62.1 Å². The summed E-state index contributed by atoms with van der Waals surface area (Å²) in [4.78, 5) is 131. The van der Waals surface area contributed by atoms with Crippen molar-refractivity contribution in [2.24, 2.45) is 0 Å². The van der Waals surface area contributed by atoms with Crippen molar-refractivity contribution >= 4 is 59.4 Å². The third-order valence-electron chi connectivity index (χ3n) is 9.23. The summed E-state index contributed by atoms with van der Waals surface area (Å²) >= 11 is 0. The summed E-state index contributed by atoms with van der Waals surface area (Å²) in [6.45, 7) is 1.66. The Labute approximate surface area is 363 Å². The number of nitrogens with one attached hydrogen (secondary N) is 5. The average Bonchev–Trinajstić information content (AvgIpc) is 3.56. The zero-order valence-electron chi connectivity index (χ0n) is 34.3. The van der Waals surface area contributed by atoms with Crippen LogP contribution in [0.5, 0.6) is 11.8 Å². The van der Waals surface area contributed by atoms with Gasteiger partial charge in [-0.1, -0.05) is 18.2 Å². The van der Waals surface area contributed by atoms with Crippen molar-refractivity contribution in [3.63, 3.8) is 0 Å². The van der Waals surface area contributed by atoms with E-state index in [2.05, 4.69) is 26.6 Å². The highest BCUT2D eigenvalue weighted by atomic mass is 16.7. The Hall–Kier alpha value is -7.98. The maximum absolute atomic E-state index is 13.7. The third kappa shape index (κ3) is 16.5. The van der Waals surface area contributed by atoms with Crippen molar-refractivity contribution in [3.8, 4) is 11.8 Å². The van der Waals surface area contributed by atoms with Gasteiger partial charge in [0.15, 0.2) is 0 Å². The summed E-state index contributed by atoms with van der Waals surface area (Å²) in [6, 6.07) is 7.21. The van der Waals surface area contributed by atoms with E-state index in [0.29, 0.717) is 22.3 Å². The van der Waals surface area contributed by atoms with Crippen molar-refractivity contribution in [1.82, 2.24) is 31.3 Å². The summed E-state index contributed by atoms with van der Waals surface area (Å²) in [5.41, 5.74) is 0.231. The molecule has 4 unspecified atom stereocenters. The van der Waals surface area contributed by atoms with Gasteiger partial charge in [-0.2, -0.15) is 0 Å². The zero-order chi connectivity index (χ0) is 47.5. The van der Waals surface area contributed by atoms with Crippen molar-refractivity contribution < 1.29 is 83.4 Å². The molecule has 0 aliphatic carbocycles. The fraction of sp³-hybridized carbons (Fsp3) is 0.366. The first-order chi connectivity index (χ1) is 30.2. The predicted molar refractivity (Wildman–Crippen MR) is 218 cm³/mol. The molecule has 1 heterocycles. The summed E-state index contributed by atoms with van der Waals surface area (Å²) in [6.07, 6.45) is -3.58. The van der Waals surface area contributed by atoms with Crippen LogP contribution in [0.25, 0.3) is 0 Å². The van der Waals surface area contributed by atoms with Crippen LogP contribution in [0.2, 0.25) is 0 Å². The van der Waals surface area contributed by atoms with Gasteiger partial charge in [0.2, 0.25) is 29.5 Å². The molecule has 0 fully saturated rings. The van der Waals surface area contributed by atoms with Gasteiger partial charge in [0, 0.05) is 49.1 Å². The lowest BCUT2D eigenvalue weighted by molar-refractivity contribution is -0.143. The second-order valence-corrected chi connectivity index (χ2v) is 14.3. The SMILES string of the molecule is Cc1cc(C(=O)NC(CCC(=O)O)C(=O)NC(CCC(=O)O)C(=O)NC(CCC(=O)O)C(=O)NC(CCCCNC(=O)c2ccccc2)C(=O)O)cc(C(=O)On2c(O)ccc2O)c1. The van der Waals surface area contributed by atoms with Gasteiger partial charge in [0.25, 0.3) is 11.8 Å². The Balaban J connectivity index is 1.76. The highest BCUT2D eigenvalue weighted by Gasteiger charge is 2.32. The molecule has 0 bridgehead atoms. The van der Waals surface area contributed by atoms with Crippen molar-refractivity contribution in [3.05, 3.63) is 82.9 Å². The maximum atomic E-state index is 13.7. The van der Waals surface area contributed by atoms with Crippen LogP contribution in [0, 0.1) is 6.92 Å². The monoisotopic (exact) mass is 896 g/mol. The van der Waals surface area contributed by atoms with E-state index in [1.165, 1.54) is 19.1 Å². The second-order valence-electron chi connectivity index (χ2n) is 14.3. The Bertz CT molecular complexity index is 2190. The Morgan fingerprint density at radius 1 is 0.547 bits per heavy atom. The lowest BCUT2D eigenvalue weighted by Gasteiger charge is -2.26. The standard InChI is InChI=1S/C41H48N6O17/c1-22-19-24(21-25(20-22)41(63)64-47-30(48)13-14-31(47)49)36(57)43-26(10-15-32(50)51)37(58)44-27(11-16-33(52)53)38(59)45-28(12-17-34(54)55)39(60)46-29(40(61)62)9-5-6-18-42-35(56)23-7-3-2-4-8-23/h2-4,7-8,13-14,19-21,26-29,48-49H,5-6,9-12,15-18H2,1H3,(H,42,56)(H,43,57)(H,44,58)(H,45,59)(H,46,60)(H,50,51)(H,52,53)(H,54,55)(H,61,62). The van der Waals surface area contributed by atoms with E-state index < -0.39 is 128 Å². The molecule has 64 heavy (non-hydrogen) atoms. The van der Waals surface area contributed by atoms with Crippen molar-refractivity contribution in [1.29, 1.82) is 0 Å². The van der Waals surface area contributed by atoms with Gasteiger partial charge in [-0.25, -0.2) is 9.59 Å². The summed E-state index contributed by atoms with van der Waals surface area (Å²) in [5, 5.41) is 69.2. The van der Waals surface area contributed by atoms with E-state index in [9.17, 15) is 78.6 Å². The molecule has 23 nitrogen and oxygen atoms in total. The summed E-state index contributed by atoms with van der Waals surface area (Å²) in [7, 11) is 0. The first-order valence-electron chi connectivity index (χ1n) is 19.6. The van der Waals surface area contributed by atoms with Crippen LogP contribution >= 0.6 is 0 Å². The summed E-state index contributed by atoms with van der Waals surface area (Å²) < 4.78 is 0.405. The van der Waals surface area contributed by atoms with Crippen molar-refractivity contribution in [2.45, 2.75) is 88.9 Å². The molecule has 0 saturated heterocycles. The van der Waals surface area contributed by atoms with Crippen LogP contribution in [0.15, 0.2) is 60.7 Å². The number of aromatic nitrogens is 1. The molecule has 344 valence electrons. The quantitative estimate of drug-likeness (QED) is 0.0483. The molecule has 1 aromatic heterocycles. The van der Waals surface area contributed by atoms with Crippen molar-refractivity contribution in [2.75, 3.05) is 6.54 Å². The van der Waals surface area contributed by atoms with Crippen LogP contribution in [-0.4, -0.2) is 125 Å². The fourth-order valence-corrected chi connectivity index (χ4v) is 5.96. The number of carboxylic acids is 4. The van der Waals surface area contributed by atoms with Crippen LogP contribution in [0.4, 0.5) is 0 Å². The highest BCUT2D eigenvalue weighted by molar-refractivity contribution is 6.01. The molecule has 4 atom stereocenters. The molecule has 0 radical (unpaired) electrons. The van der Waals surface area contributed by atoms with Gasteiger partial charge in [0.1, 0.15) is 24.2 Å². The number of carboxylic acid groups (broad SMARTS) is 4. The average molecular weight is 897 g/mol. The number of rotatable bonds is 26. The summed E-state index contributed by atoms with van der Waals surface area (Å²) in [5.74, 6) is -13.0. The highest BCUT2D eigenvalue weighted by Crippen LogP contribution is 2.20. The van der Waals surface area contributed by atoms with E-state index in [-0.39, 0.29) is 36.4 Å². The molecular formula is C41H48N6O17. The number of benzene rings is 2. The molecular weight excluding hydrogens is 848 g/mol. The Morgan fingerprint density at radius 2 is 1.02 bits per heavy atom. The number of aromatic hydroxyl groups is 2. The lowest BCUT2D eigenvalue weighted by Crippen LogP contribution is -2.58. The smallest absolute Gasteiger partial charge is 0.363 e. The number of carbonyl (C=O) groups is 10. The van der Waals surface area contributed by atoms with Gasteiger partial charge in [-0.3, -0.25) is 38.4 Å². The molecule has 11 N–H and O–H groups in total. The molecule has 23 heteroatoms. The number of carbonyl (C=O) groups excluding carboxylic acids is 6. The number of unbranched alkanes of at least 4 members (excludes halogenated alkanes) is 1. The topological polar surface area (TPSA) is 366 Å².